The Bertz CT molecular complexity index is 338. The van der Waals surface area contributed by atoms with E-state index in [9.17, 15) is 4.79 Å². The lowest BCUT2D eigenvalue weighted by atomic mass is 10.1. The molecule has 1 aromatic rings. The SMILES string of the molecule is O=C(CCCc1ccc(Br)cc1)C1CC1. The maximum absolute atomic E-state index is 11.4. The maximum Gasteiger partial charge on any atom is 0.135 e. The average molecular weight is 267 g/mol. The first-order valence-electron chi connectivity index (χ1n) is 5.53. The van der Waals surface area contributed by atoms with E-state index < -0.39 is 0 Å². The van der Waals surface area contributed by atoms with Crippen molar-refractivity contribution in [2.45, 2.75) is 32.1 Å². The molecular weight excluding hydrogens is 252 g/mol. The summed E-state index contributed by atoms with van der Waals surface area (Å²) in [6, 6.07) is 8.34. The van der Waals surface area contributed by atoms with Gasteiger partial charge in [0.05, 0.1) is 0 Å². The zero-order chi connectivity index (χ0) is 10.7. The van der Waals surface area contributed by atoms with Crippen LogP contribution in [0.1, 0.15) is 31.2 Å². The van der Waals surface area contributed by atoms with E-state index in [2.05, 4.69) is 40.2 Å². The summed E-state index contributed by atoms with van der Waals surface area (Å²) in [6.45, 7) is 0. The minimum absolute atomic E-state index is 0.426. The van der Waals surface area contributed by atoms with Crippen LogP contribution in [0, 0.1) is 5.92 Å². The van der Waals surface area contributed by atoms with Gasteiger partial charge < -0.3 is 0 Å². The standard InChI is InChI=1S/C13H15BrO/c14-12-8-4-10(5-9-12)2-1-3-13(15)11-6-7-11/h4-5,8-9,11H,1-3,6-7H2. The predicted molar refractivity (Wildman–Crippen MR) is 64.8 cm³/mol. The lowest BCUT2D eigenvalue weighted by Gasteiger charge is -2.01. The first-order chi connectivity index (χ1) is 7.25. The molecule has 80 valence electrons. The molecule has 0 N–H and O–H groups in total. The minimum Gasteiger partial charge on any atom is -0.299 e. The molecule has 1 saturated carbocycles. The van der Waals surface area contributed by atoms with Crippen molar-refractivity contribution in [3.8, 4) is 0 Å². The van der Waals surface area contributed by atoms with Crippen LogP contribution in [-0.2, 0) is 11.2 Å². The molecule has 0 unspecified atom stereocenters. The van der Waals surface area contributed by atoms with Crippen LogP contribution in [-0.4, -0.2) is 5.78 Å². The summed E-state index contributed by atoms with van der Waals surface area (Å²) in [5.41, 5.74) is 1.32. The summed E-state index contributed by atoms with van der Waals surface area (Å²) >= 11 is 3.41. The summed E-state index contributed by atoms with van der Waals surface area (Å²) in [7, 11) is 0. The number of halogens is 1. The van der Waals surface area contributed by atoms with E-state index in [1.165, 1.54) is 5.56 Å². The zero-order valence-corrected chi connectivity index (χ0v) is 10.3. The van der Waals surface area contributed by atoms with E-state index in [0.29, 0.717) is 11.7 Å². The second kappa shape index (κ2) is 4.93. The van der Waals surface area contributed by atoms with Gasteiger partial charge in [0.25, 0.3) is 0 Å². The highest BCUT2D eigenvalue weighted by atomic mass is 79.9. The third kappa shape index (κ3) is 3.45. The molecule has 0 amide bonds. The summed E-state index contributed by atoms with van der Waals surface area (Å²) in [5, 5.41) is 0. The van der Waals surface area contributed by atoms with Gasteiger partial charge in [-0.3, -0.25) is 4.79 Å². The van der Waals surface area contributed by atoms with Crippen molar-refractivity contribution in [2.24, 2.45) is 5.92 Å². The van der Waals surface area contributed by atoms with Crippen LogP contribution in [0.4, 0.5) is 0 Å². The molecule has 0 bridgehead atoms. The number of carbonyl (C=O) groups is 1. The second-order valence-electron chi connectivity index (χ2n) is 4.22. The molecule has 0 radical (unpaired) electrons. The Morgan fingerprint density at radius 3 is 2.53 bits per heavy atom. The molecule has 1 aliphatic carbocycles. The number of hydrogen-bond acceptors (Lipinski definition) is 1. The van der Waals surface area contributed by atoms with E-state index in [-0.39, 0.29) is 0 Å². The number of Topliss-reactive ketones (excluding diaryl/α,β-unsaturated/α-hetero) is 1. The summed E-state index contributed by atoms with van der Waals surface area (Å²) in [4.78, 5) is 11.4. The van der Waals surface area contributed by atoms with Crippen molar-refractivity contribution < 1.29 is 4.79 Å². The maximum atomic E-state index is 11.4. The van der Waals surface area contributed by atoms with Gasteiger partial charge in [0.1, 0.15) is 5.78 Å². The molecule has 15 heavy (non-hydrogen) atoms. The number of aryl methyl sites for hydroxylation is 1. The molecule has 0 spiro atoms. The highest BCUT2D eigenvalue weighted by Crippen LogP contribution is 2.31. The Kier molecular flexibility index (Phi) is 3.57. The van der Waals surface area contributed by atoms with Crippen LogP contribution in [0.2, 0.25) is 0 Å². The molecule has 0 saturated heterocycles. The molecule has 1 nitrogen and oxygen atoms in total. The molecule has 0 aliphatic heterocycles. The zero-order valence-electron chi connectivity index (χ0n) is 8.71. The molecule has 2 rings (SSSR count). The highest BCUT2D eigenvalue weighted by Gasteiger charge is 2.28. The molecule has 1 fully saturated rings. The monoisotopic (exact) mass is 266 g/mol. The largest absolute Gasteiger partial charge is 0.299 e. The van der Waals surface area contributed by atoms with Gasteiger partial charge in [-0.25, -0.2) is 0 Å². The summed E-state index contributed by atoms with van der Waals surface area (Å²) < 4.78 is 1.11. The lowest BCUT2D eigenvalue weighted by molar-refractivity contribution is -0.120. The fourth-order valence-electron chi connectivity index (χ4n) is 1.73. The number of hydrogen-bond donors (Lipinski definition) is 0. The molecule has 1 aliphatic rings. The van der Waals surface area contributed by atoms with E-state index in [4.69, 9.17) is 0 Å². The van der Waals surface area contributed by atoms with Gasteiger partial charge in [0.2, 0.25) is 0 Å². The molecule has 0 aromatic heterocycles. The Hall–Kier alpha value is -0.630. The Labute approximate surface area is 99.0 Å². The first-order valence-corrected chi connectivity index (χ1v) is 6.32. The van der Waals surface area contributed by atoms with Crippen molar-refractivity contribution in [2.75, 3.05) is 0 Å². The van der Waals surface area contributed by atoms with Gasteiger partial charge in [0.15, 0.2) is 0 Å². The average Bonchev–Trinajstić information content (AvgIpc) is 3.04. The van der Waals surface area contributed by atoms with Crippen LogP contribution in [0.5, 0.6) is 0 Å². The van der Waals surface area contributed by atoms with E-state index >= 15 is 0 Å². The van der Waals surface area contributed by atoms with Crippen molar-refractivity contribution in [1.29, 1.82) is 0 Å². The number of rotatable bonds is 5. The van der Waals surface area contributed by atoms with Gasteiger partial charge in [0, 0.05) is 16.8 Å². The number of ketones is 1. The van der Waals surface area contributed by atoms with E-state index in [1.807, 2.05) is 0 Å². The van der Waals surface area contributed by atoms with Crippen LogP contribution < -0.4 is 0 Å². The van der Waals surface area contributed by atoms with E-state index in [0.717, 1.165) is 36.6 Å². The van der Waals surface area contributed by atoms with Gasteiger partial charge in [-0.2, -0.15) is 0 Å². The minimum atomic E-state index is 0.426. The van der Waals surface area contributed by atoms with Crippen molar-refractivity contribution in [1.82, 2.24) is 0 Å². The fraction of sp³-hybridized carbons (Fsp3) is 0.462. The van der Waals surface area contributed by atoms with Gasteiger partial charge in [-0.05, 0) is 43.4 Å². The quantitative estimate of drug-likeness (QED) is 0.794. The van der Waals surface area contributed by atoms with Crippen molar-refractivity contribution >= 4 is 21.7 Å². The molecular formula is C13H15BrO. The molecule has 0 atom stereocenters. The third-order valence-corrected chi connectivity index (χ3v) is 3.36. The van der Waals surface area contributed by atoms with Crippen molar-refractivity contribution in [3.05, 3.63) is 34.3 Å². The van der Waals surface area contributed by atoms with Crippen molar-refractivity contribution in [3.63, 3.8) is 0 Å². The van der Waals surface area contributed by atoms with Gasteiger partial charge in [-0.1, -0.05) is 28.1 Å². The van der Waals surface area contributed by atoms with Crippen LogP contribution in [0.25, 0.3) is 0 Å². The van der Waals surface area contributed by atoms with Crippen LogP contribution in [0.3, 0.4) is 0 Å². The predicted octanol–water partition coefficient (Wildman–Crippen LogP) is 3.75. The fourth-order valence-corrected chi connectivity index (χ4v) is 1.99. The van der Waals surface area contributed by atoms with Crippen LogP contribution >= 0.6 is 15.9 Å². The highest BCUT2D eigenvalue weighted by molar-refractivity contribution is 9.10. The molecule has 1 aromatic carbocycles. The Balaban J connectivity index is 1.73. The lowest BCUT2D eigenvalue weighted by Crippen LogP contribution is -2.00. The number of carbonyl (C=O) groups excluding carboxylic acids is 1. The summed E-state index contributed by atoms with van der Waals surface area (Å²) in [5.74, 6) is 0.905. The normalized spacial score (nSPS) is 15.3. The third-order valence-electron chi connectivity index (χ3n) is 2.83. The van der Waals surface area contributed by atoms with Gasteiger partial charge in [-0.15, -0.1) is 0 Å². The Morgan fingerprint density at radius 2 is 1.93 bits per heavy atom. The first kappa shape index (κ1) is 10.9. The number of benzene rings is 1. The smallest absolute Gasteiger partial charge is 0.135 e. The van der Waals surface area contributed by atoms with Gasteiger partial charge >= 0.3 is 0 Å². The topological polar surface area (TPSA) is 17.1 Å². The molecule has 2 heteroatoms. The summed E-state index contributed by atoms with van der Waals surface area (Å²) in [6.07, 6.45) is 5.05. The molecule has 0 heterocycles. The van der Waals surface area contributed by atoms with E-state index in [1.54, 1.807) is 0 Å². The Morgan fingerprint density at radius 1 is 1.27 bits per heavy atom. The van der Waals surface area contributed by atoms with Crippen LogP contribution in [0.15, 0.2) is 28.7 Å². The second-order valence-corrected chi connectivity index (χ2v) is 5.14.